The molecule has 0 aliphatic carbocycles. The largest absolute Gasteiger partial charge is 0.483 e. The molecule has 6 heteroatoms. The molecule has 0 aliphatic rings. The van der Waals surface area contributed by atoms with Crippen LogP contribution in [0.15, 0.2) is 53.7 Å². The van der Waals surface area contributed by atoms with Gasteiger partial charge in [0, 0.05) is 17.8 Å². The van der Waals surface area contributed by atoms with Crippen LogP contribution in [0.3, 0.4) is 0 Å². The second-order valence-corrected chi connectivity index (χ2v) is 9.23. The number of benzene rings is 2. The summed E-state index contributed by atoms with van der Waals surface area (Å²) in [6.07, 6.45) is -0.196. The Labute approximate surface area is 176 Å². The zero-order valence-corrected chi connectivity index (χ0v) is 18.5. The van der Waals surface area contributed by atoms with Gasteiger partial charge in [0.15, 0.2) is 17.1 Å². The normalized spacial score (nSPS) is 12.8. The molecule has 0 fully saturated rings. The van der Waals surface area contributed by atoms with Gasteiger partial charge in [-0.05, 0) is 47.7 Å². The van der Waals surface area contributed by atoms with Gasteiger partial charge in [-0.15, -0.1) is 10.2 Å². The molecule has 4 nitrogen and oxygen atoms in total. The Balaban J connectivity index is 1.65. The number of ether oxygens (including phenoxy) is 1. The maximum absolute atomic E-state index is 6.09. The van der Waals surface area contributed by atoms with Crippen molar-refractivity contribution in [2.75, 3.05) is 0 Å². The van der Waals surface area contributed by atoms with Gasteiger partial charge in [0.2, 0.25) is 0 Å². The number of thioether (sulfide) groups is 1. The van der Waals surface area contributed by atoms with Crippen LogP contribution in [0.2, 0.25) is 5.02 Å². The molecule has 0 aliphatic heterocycles. The predicted molar refractivity (Wildman–Crippen MR) is 116 cm³/mol. The van der Waals surface area contributed by atoms with Gasteiger partial charge in [0.25, 0.3) is 0 Å². The summed E-state index contributed by atoms with van der Waals surface area (Å²) in [6, 6.07) is 16.1. The number of nitrogens with zero attached hydrogens (tertiary/aromatic N) is 3. The molecule has 1 aromatic heterocycles. The summed E-state index contributed by atoms with van der Waals surface area (Å²) in [6.45, 7) is 8.60. The minimum absolute atomic E-state index is 0.128. The molecule has 0 amide bonds. The van der Waals surface area contributed by atoms with Crippen molar-refractivity contribution in [1.29, 1.82) is 0 Å². The van der Waals surface area contributed by atoms with E-state index >= 15 is 0 Å². The van der Waals surface area contributed by atoms with Crippen molar-refractivity contribution in [1.82, 2.24) is 14.8 Å². The first kappa shape index (κ1) is 20.7. The van der Waals surface area contributed by atoms with Crippen molar-refractivity contribution >= 4 is 23.4 Å². The Hall–Kier alpha value is -1.98. The fraction of sp³-hybridized carbons (Fsp3) is 0.364. The molecule has 0 saturated carbocycles. The van der Waals surface area contributed by atoms with Crippen molar-refractivity contribution in [3.63, 3.8) is 0 Å². The van der Waals surface area contributed by atoms with Crippen LogP contribution in [0.5, 0.6) is 5.75 Å². The summed E-state index contributed by atoms with van der Waals surface area (Å²) in [5.41, 5.74) is 2.57. The standard InChI is InChI=1S/C22H26ClN3OS/c1-15(27-19-11-9-17(10-12-19)22(2,3)4)20-24-25-21(26(20)5)28-14-16-7-6-8-18(23)13-16/h6-13,15H,14H2,1-5H3. The molecule has 1 heterocycles. The highest BCUT2D eigenvalue weighted by atomic mass is 35.5. The molecule has 0 spiro atoms. The van der Waals surface area contributed by atoms with Crippen LogP contribution in [0.1, 0.15) is 50.8 Å². The molecule has 3 aromatic rings. The Morgan fingerprint density at radius 1 is 1.11 bits per heavy atom. The Morgan fingerprint density at radius 3 is 2.46 bits per heavy atom. The molecular formula is C22H26ClN3OS. The molecular weight excluding hydrogens is 390 g/mol. The topological polar surface area (TPSA) is 39.9 Å². The molecule has 0 N–H and O–H groups in total. The van der Waals surface area contributed by atoms with Crippen molar-refractivity contribution in [2.24, 2.45) is 7.05 Å². The van der Waals surface area contributed by atoms with Crippen molar-refractivity contribution in [2.45, 2.75) is 50.1 Å². The van der Waals surface area contributed by atoms with E-state index in [1.165, 1.54) is 5.56 Å². The van der Waals surface area contributed by atoms with Crippen LogP contribution in [0.25, 0.3) is 0 Å². The van der Waals surface area contributed by atoms with E-state index in [2.05, 4.69) is 49.2 Å². The van der Waals surface area contributed by atoms with Crippen LogP contribution in [0.4, 0.5) is 0 Å². The van der Waals surface area contributed by atoms with E-state index in [1.54, 1.807) is 11.8 Å². The zero-order chi connectivity index (χ0) is 20.3. The summed E-state index contributed by atoms with van der Waals surface area (Å²) >= 11 is 7.69. The Kier molecular flexibility index (Phi) is 6.36. The third kappa shape index (κ3) is 5.09. The van der Waals surface area contributed by atoms with E-state index in [0.717, 1.165) is 33.1 Å². The molecule has 28 heavy (non-hydrogen) atoms. The van der Waals surface area contributed by atoms with Crippen LogP contribution in [0, 0.1) is 0 Å². The maximum Gasteiger partial charge on any atom is 0.191 e. The summed E-state index contributed by atoms with van der Waals surface area (Å²) in [5.74, 6) is 2.42. The summed E-state index contributed by atoms with van der Waals surface area (Å²) < 4.78 is 8.08. The second kappa shape index (κ2) is 8.58. The molecule has 2 aromatic carbocycles. The zero-order valence-electron chi connectivity index (χ0n) is 16.9. The first-order valence-corrected chi connectivity index (χ1v) is 10.6. The first-order valence-electron chi connectivity index (χ1n) is 9.28. The molecule has 3 rings (SSSR count). The lowest BCUT2D eigenvalue weighted by Crippen LogP contribution is -2.12. The van der Waals surface area contributed by atoms with Crippen molar-refractivity contribution in [3.8, 4) is 5.75 Å². The minimum Gasteiger partial charge on any atom is -0.483 e. The van der Waals surface area contributed by atoms with Gasteiger partial charge in [0.05, 0.1) is 0 Å². The quantitative estimate of drug-likeness (QED) is 0.449. The lowest BCUT2D eigenvalue weighted by molar-refractivity contribution is 0.211. The van der Waals surface area contributed by atoms with E-state index in [1.807, 2.05) is 48.9 Å². The smallest absolute Gasteiger partial charge is 0.191 e. The van der Waals surface area contributed by atoms with Gasteiger partial charge in [-0.1, -0.05) is 68.4 Å². The van der Waals surface area contributed by atoms with Crippen LogP contribution in [-0.4, -0.2) is 14.8 Å². The summed E-state index contributed by atoms with van der Waals surface area (Å²) in [7, 11) is 1.97. The number of halogens is 1. The average molecular weight is 416 g/mol. The highest BCUT2D eigenvalue weighted by molar-refractivity contribution is 7.98. The molecule has 1 atom stereocenters. The van der Waals surface area contributed by atoms with E-state index in [4.69, 9.17) is 16.3 Å². The van der Waals surface area contributed by atoms with Gasteiger partial charge in [-0.25, -0.2) is 0 Å². The molecule has 1 unspecified atom stereocenters. The molecule has 0 saturated heterocycles. The summed E-state index contributed by atoms with van der Waals surface area (Å²) in [4.78, 5) is 0. The van der Waals surface area contributed by atoms with Gasteiger partial charge in [0.1, 0.15) is 5.75 Å². The number of hydrogen-bond acceptors (Lipinski definition) is 4. The van der Waals surface area contributed by atoms with E-state index < -0.39 is 0 Å². The van der Waals surface area contributed by atoms with Crippen LogP contribution < -0.4 is 4.74 Å². The molecule has 0 bridgehead atoms. The van der Waals surface area contributed by atoms with Gasteiger partial charge in [-0.3, -0.25) is 0 Å². The Bertz CT molecular complexity index is 932. The van der Waals surface area contributed by atoms with Crippen LogP contribution in [-0.2, 0) is 18.2 Å². The lowest BCUT2D eigenvalue weighted by Gasteiger charge is -2.20. The SMILES string of the molecule is CC(Oc1ccc(C(C)(C)C)cc1)c1nnc(SCc2cccc(Cl)c2)n1C. The van der Waals surface area contributed by atoms with Crippen molar-refractivity contribution < 1.29 is 4.74 Å². The fourth-order valence-corrected chi connectivity index (χ4v) is 3.94. The van der Waals surface area contributed by atoms with Gasteiger partial charge < -0.3 is 9.30 Å². The van der Waals surface area contributed by atoms with E-state index in [9.17, 15) is 0 Å². The molecule has 148 valence electrons. The van der Waals surface area contributed by atoms with Crippen LogP contribution >= 0.6 is 23.4 Å². The maximum atomic E-state index is 6.09. The predicted octanol–water partition coefficient (Wildman–Crippen LogP) is 6.20. The van der Waals surface area contributed by atoms with Gasteiger partial charge >= 0.3 is 0 Å². The third-order valence-electron chi connectivity index (χ3n) is 4.52. The second-order valence-electron chi connectivity index (χ2n) is 7.85. The number of rotatable bonds is 6. The van der Waals surface area contributed by atoms with Gasteiger partial charge in [-0.2, -0.15) is 0 Å². The first-order chi connectivity index (χ1) is 13.2. The van der Waals surface area contributed by atoms with E-state index in [-0.39, 0.29) is 11.5 Å². The number of hydrogen-bond donors (Lipinski definition) is 0. The van der Waals surface area contributed by atoms with Crippen molar-refractivity contribution in [3.05, 3.63) is 70.5 Å². The molecule has 0 radical (unpaired) electrons. The lowest BCUT2D eigenvalue weighted by atomic mass is 9.87. The monoisotopic (exact) mass is 415 g/mol. The minimum atomic E-state index is -0.196. The highest BCUT2D eigenvalue weighted by Crippen LogP contribution is 2.28. The average Bonchev–Trinajstić information content (AvgIpc) is 3.00. The third-order valence-corrected chi connectivity index (χ3v) is 5.85. The van der Waals surface area contributed by atoms with E-state index in [0.29, 0.717) is 0 Å². The summed E-state index contributed by atoms with van der Waals surface area (Å²) in [5, 5.41) is 10.3. The number of aromatic nitrogens is 3. The Morgan fingerprint density at radius 2 is 1.82 bits per heavy atom. The fourth-order valence-electron chi connectivity index (χ4n) is 2.87. The highest BCUT2D eigenvalue weighted by Gasteiger charge is 2.18.